The molecular formula is C6H3ClF2N2O5S. The number of aromatic amines is 1. The Bertz CT molecular complexity index is 626. The quantitative estimate of drug-likeness (QED) is 0.509. The van der Waals surface area contributed by atoms with E-state index < -0.39 is 42.2 Å². The maximum Gasteiger partial charge on any atom is 0.341 e. The molecule has 1 heterocycles. The number of H-pyrrole nitrogens is 1. The Morgan fingerprint density at radius 2 is 2.00 bits per heavy atom. The number of nitro groups is 1. The number of pyridine rings is 1. The monoisotopic (exact) mass is 288 g/mol. The van der Waals surface area contributed by atoms with Gasteiger partial charge in [0.1, 0.15) is 0 Å². The highest BCUT2D eigenvalue weighted by Crippen LogP contribution is 2.25. The fraction of sp³-hybridized carbons (Fsp3) is 0.167. The predicted octanol–water partition coefficient (Wildman–Crippen LogP) is 1.15. The summed E-state index contributed by atoms with van der Waals surface area (Å²) in [6, 6.07) is 0.270. The molecule has 0 aliphatic heterocycles. The second kappa shape index (κ2) is 4.37. The molecule has 0 unspecified atom stereocenters. The summed E-state index contributed by atoms with van der Waals surface area (Å²) in [6.07, 6.45) is -3.42. The normalized spacial score (nSPS) is 11.8. The zero-order valence-electron chi connectivity index (χ0n) is 7.69. The highest BCUT2D eigenvalue weighted by Gasteiger charge is 2.29. The van der Waals surface area contributed by atoms with Crippen molar-refractivity contribution in [2.75, 3.05) is 0 Å². The van der Waals surface area contributed by atoms with E-state index in [1.54, 1.807) is 4.98 Å². The first-order valence-corrected chi connectivity index (χ1v) is 6.10. The number of halogens is 3. The van der Waals surface area contributed by atoms with Gasteiger partial charge in [-0.2, -0.15) is 0 Å². The van der Waals surface area contributed by atoms with Crippen LogP contribution in [0.15, 0.2) is 15.9 Å². The van der Waals surface area contributed by atoms with Gasteiger partial charge in [-0.15, -0.1) is 0 Å². The third-order valence-electron chi connectivity index (χ3n) is 1.67. The third-order valence-corrected chi connectivity index (χ3v) is 2.92. The molecule has 1 rings (SSSR count). The molecule has 1 aromatic rings. The molecule has 0 saturated heterocycles. The number of hydrogen-bond acceptors (Lipinski definition) is 5. The molecule has 0 radical (unpaired) electrons. The van der Waals surface area contributed by atoms with Gasteiger partial charge in [0, 0.05) is 16.7 Å². The average molecular weight is 289 g/mol. The molecule has 0 aliphatic carbocycles. The van der Waals surface area contributed by atoms with Crippen LogP contribution in [0.4, 0.5) is 14.5 Å². The molecule has 17 heavy (non-hydrogen) atoms. The molecule has 1 N–H and O–H groups in total. The van der Waals surface area contributed by atoms with Crippen LogP contribution in [0.2, 0.25) is 0 Å². The van der Waals surface area contributed by atoms with E-state index in [2.05, 4.69) is 0 Å². The average Bonchev–Trinajstić information content (AvgIpc) is 2.13. The zero-order chi connectivity index (χ0) is 13.4. The van der Waals surface area contributed by atoms with Gasteiger partial charge < -0.3 is 4.98 Å². The largest absolute Gasteiger partial charge is 0.341 e. The summed E-state index contributed by atoms with van der Waals surface area (Å²) >= 11 is 0. The van der Waals surface area contributed by atoms with Crippen LogP contribution < -0.4 is 5.43 Å². The second-order valence-electron chi connectivity index (χ2n) is 2.76. The molecule has 0 saturated carbocycles. The van der Waals surface area contributed by atoms with Gasteiger partial charge in [0.25, 0.3) is 20.9 Å². The first-order valence-electron chi connectivity index (χ1n) is 3.79. The summed E-state index contributed by atoms with van der Waals surface area (Å²) < 4.78 is 46.5. The topological polar surface area (TPSA) is 110 Å². The highest BCUT2D eigenvalue weighted by molar-refractivity contribution is 8.13. The van der Waals surface area contributed by atoms with Crippen molar-refractivity contribution in [2.24, 2.45) is 0 Å². The Morgan fingerprint density at radius 3 is 2.35 bits per heavy atom. The molecule has 1 aromatic heterocycles. The number of rotatable bonds is 3. The van der Waals surface area contributed by atoms with Gasteiger partial charge in [-0.3, -0.25) is 14.9 Å². The van der Waals surface area contributed by atoms with Crippen LogP contribution in [0.25, 0.3) is 0 Å². The van der Waals surface area contributed by atoms with Gasteiger partial charge in [-0.05, 0) is 0 Å². The van der Waals surface area contributed by atoms with Crippen LogP contribution in [-0.4, -0.2) is 18.3 Å². The summed E-state index contributed by atoms with van der Waals surface area (Å²) in [4.78, 5) is 21.7. The van der Waals surface area contributed by atoms with Crippen LogP contribution in [-0.2, 0) is 9.05 Å². The van der Waals surface area contributed by atoms with E-state index in [0.29, 0.717) is 0 Å². The summed E-state index contributed by atoms with van der Waals surface area (Å²) in [7, 11) is 0.363. The van der Waals surface area contributed by atoms with Gasteiger partial charge in [0.2, 0.25) is 0 Å². The molecular weight excluding hydrogens is 286 g/mol. The summed E-state index contributed by atoms with van der Waals surface area (Å²) in [5, 5.41) is 9.35. The minimum atomic E-state index is -4.46. The van der Waals surface area contributed by atoms with E-state index >= 15 is 0 Å². The van der Waals surface area contributed by atoms with Gasteiger partial charge in [0.05, 0.1) is 4.92 Å². The number of aromatic nitrogens is 1. The van der Waals surface area contributed by atoms with Crippen LogP contribution in [0.3, 0.4) is 0 Å². The van der Waals surface area contributed by atoms with Crippen molar-refractivity contribution in [3.8, 4) is 0 Å². The SMILES string of the molecule is O=c1cc(S(=O)(=O)Cl)[nH]c(C(F)F)c1[N+](=O)[O-]. The second-order valence-corrected chi connectivity index (χ2v) is 5.29. The lowest BCUT2D eigenvalue weighted by Gasteiger charge is -2.03. The summed E-state index contributed by atoms with van der Waals surface area (Å²) in [5.41, 5.74) is -4.28. The zero-order valence-corrected chi connectivity index (χ0v) is 9.26. The van der Waals surface area contributed by atoms with E-state index in [-0.39, 0.29) is 6.07 Å². The Labute approximate surface area is 96.6 Å². The standard InChI is InChI=1S/C6H3ClF2N2O5S/c7-17(15,16)3-1-2(12)5(11(13)14)4(10-3)6(8)9/h1,6H,(H,10,12). The van der Waals surface area contributed by atoms with Gasteiger partial charge in [-0.1, -0.05) is 0 Å². The van der Waals surface area contributed by atoms with Crippen molar-refractivity contribution in [2.45, 2.75) is 11.5 Å². The van der Waals surface area contributed by atoms with Gasteiger partial charge in [-0.25, -0.2) is 17.2 Å². The fourth-order valence-corrected chi connectivity index (χ4v) is 1.75. The fourth-order valence-electron chi connectivity index (χ4n) is 1.03. The lowest BCUT2D eigenvalue weighted by molar-refractivity contribution is -0.387. The van der Waals surface area contributed by atoms with Crippen LogP contribution in [0.5, 0.6) is 0 Å². The maximum atomic E-state index is 12.4. The lowest BCUT2D eigenvalue weighted by Crippen LogP contribution is -2.15. The third kappa shape index (κ3) is 2.77. The number of nitrogens with one attached hydrogen (secondary N) is 1. The van der Waals surface area contributed by atoms with Crippen molar-refractivity contribution in [1.82, 2.24) is 4.98 Å². The Kier molecular flexibility index (Phi) is 3.48. The molecule has 11 heteroatoms. The molecule has 0 atom stereocenters. The van der Waals surface area contributed by atoms with E-state index in [9.17, 15) is 32.1 Å². The van der Waals surface area contributed by atoms with Crippen molar-refractivity contribution in [1.29, 1.82) is 0 Å². The molecule has 0 amide bonds. The molecule has 94 valence electrons. The number of hydrogen-bond donors (Lipinski definition) is 1. The Hall–Kier alpha value is -1.55. The van der Waals surface area contributed by atoms with Crippen LogP contribution >= 0.6 is 10.7 Å². The maximum absolute atomic E-state index is 12.4. The van der Waals surface area contributed by atoms with Crippen molar-refractivity contribution in [3.05, 3.63) is 32.1 Å². The van der Waals surface area contributed by atoms with E-state index in [4.69, 9.17) is 10.7 Å². The first-order chi connectivity index (χ1) is 7.64. The van der Waals surface area contributed by atoms with Crippen LogP contribution in [0.1, 0.15) is 12.1 Å². The molecule has 0 aliphatic rings. The molecule has 0 bridgehead atoms. The van der Waals surface area contributed by atoms with E-state index in [0.717, 1.165) is 0 Å². The van der Waals surface area contributed by atoms with Crippen molar-refractivity contribution in [3.63, 3.8) is 0 Å². The number of nitrogens with zero attached hydrogens (tertiary/aromatic N) is 1. The van der Waals surface area contributed by atoms with Gasteiger partial charge in [0.15, 0.2) is 10.7 Å². The smallest absolute Gasteiger partial charge is 0.338 e. The lowest BCUT2D eigenvalue weighted by atomic mass is 10.3. The Morgan fingerprint density at radius 1 is 1.47 bits per heavy atom. The van der Waals surface area contributed by atoms with Crippen LogP contribution in [0, 0.1) is 10.1 Å². The first kappa shape index (κ1) is 13.5. The molecule has 7 nitrogen and oxygen atoms in total. The molecule has 0 aromatic carbocycles. The summed E-state index contributed by atoms with van der Waals surface area (Å²) in [6.45, 7) is 0. The van der Waals surface area contributed by atoms with Gasteiger partial charge >= 0.3 is 5.69 Å². The minimum absolute atomic E-state index is 0.270. The minimum Gasteiger partial charge on any atom is -0.338 e. The van der Waals surface area contributed by atoms with E-state index in [1.807, 2.05) is 0 Å². The molecule has 0 spiro atoms. The number of alkyl halides is 2. The highest BCUT2D eigenvalue weighted by atomic mass is 35.7. The predicted molar refractivity (Wildman–Crippen MR) is 51.7 cm³/mol. The van der Waals surface area contributed by atoms with Crippen molar-refractivity contribution >= 4 is 25.4 Å². The Balaban J connectivity index is 3.71. The summed E-state index contributed by atoms with van der Waals surface area (Å²) in [5.74, 6) is 0. The van der Waals surface area contributed by atoms with Crippen molar-refractivity contribution < 1.29 is 22.1 Å². The molecule has 0 fully saturated rings. The van der Waals surface area contributed by atoms with E-state index in [1.165, 1.54) is 0 Å².